The van der Waals surface area contributed by atoms with E-state index in [0.29, 0.717) is 4.99 Å². The Kier molecular flexibility index (Phi) is 2.76. The number of nitrogens with two attached hydrogens (primary N) is 1. The summed E-state index contributed by atoms with van der Waals surface area (Å²) in [6.07, 6.45) is 5.38. The van der Waals surface area contributed by atoms with Gasteiger partial charge in [-0.3, -0.25) is 4.98 Å². The van der Waals surface area contributed by atoms with Crippen molar-refractivity contribution in [1.29, 1.82) is 0 Å². The molecule has 0 amide bonds. The van der Waals surface area contributed by atoms with E-state index in [9.17, 15) is 0 Å². The topological polar surface area (TPSA) is 56.7 Å². The van der Waals surface area contributed by atoms with Crippen LogP contribution in [0.25, 0.3) is 16.6 Å². The van der Waals surface area contributed by atoms with E-state index in [-0.39, 0.29) is 0 Å². The molecular formula is C14H12N4S. The monoisotopic (exact) mass is 268 g/mol. The molecule has 3 rings (SSSR count). The highest BCUT2D eigenvalue weighted by molar-refractivity contribution is 7.80. The molecule has 0 fully saturated rings. The molecule has 0 radical (unpaired) electrons. The predicted molar refractivity (Wildman–Crippen MR) is 79.5 cm³/mol. The van der Waals surface area contributed by atoms with Gasteiger partial charge in [-0.1, -0.05) is 30.4 Å². The molecule has 4 nitrogen and oxygen atoms in total. The summed E-state index contributed by atoms with van der Waals surface area (Å²) in [5, 5.41) is 1.01. The average molecular weight is 268 g/mol. The van der Waals surface area contributed by atoms with Crippen molar-refractivity contribution in [2.45, 2.75) is 6.92 Å². The maximum absolute atomic E-state index is 5.82. The van der Waals surface area contributed by atoms with Crippen molar-refractivity contribution in [3.63, 3.8) is 0 Å². The van der Waals surface area contributed by atoms with E-state index in [1.54, 1.807) is 12.4 Å². The molecule has 1 aromatic carbocycles. The third kappa shape index (κ3) is 1.88. The van der Waals surface area contributed by atoms with Gasteiger partial charge in [0.15, 0.2) is 0 Å². The lowest BCUT2D eigenvalue weighted by Crippen LogP contribution is -2.14. The van der Waals surface area contributed by atoms with Gasteiger partial charge in [0.25, 0.3) is 0 Å². The summed E-state index contributed by atoms with van der Waals surface area (Å²) < 4.78 is 1.98. The van der Waals surface area contributed by atoms with Crippen LogP contribution >= 0.6 is 12.2 Å². The number of nitrogens with zero attached hydrogens (tertiary/aromatic N) is 3. The largest absolute Gasteiger partial charge is 0.389 e. The summed E-state index contributed by atoms with van der Waals surface area (Å²) in [6.45, 7) is 1.94. The maximum Gasteiger partial charge on any atom is 0.110 e. The SMILES string of the molecule is Cc1nccn1-c1c(C(N)=S)cnc2ccccc12. The quantitative estimate of drug-likeness (QED) is 0.725. The second-order valence-corrected chi connectivity index (χ2v) is 4.69. The Morgan fingerprint density at radius 3 is 2.74 bits per heavy atom. The van der Waals surface area contributed by atoms with Crippen molar-refractivity contribution in [2.24, 2.45) is 5.73 Å². The van der Waals surface area contributed by atoms with Crippen molar-refractivity contribution in [2.75, 3.05) is 0 Å². The number of para-hydroxylation sites is 1. The number of aromatic nitrogens is 3. The van der Waals surface area contributed by atoms with E-state index in [4.69, 9.17) is 18.0 Å². The summed E-state index contributed by atoms with van der Waals surface area (Å²) in [5.74, 6) is 0.883. The van der Waals surface area contributed by atoms with Crippen LogP contribution in [0, 0.1) is 6.92 Å². The van der Waals surface area contributed by atoms with E-state index in [0.717, 1.165) is 28.0 Å². The highest BCUT2D eigenvalue weighted by atomic mass is 32.1. The van der Waals surface area contributed by atoms with Crippen LogP contribution in [-0.4, -0.2) is 19.5 Å². The molecule has 2 N–H and O–H groups in total. The third-order valence-corrected chi connectivity index (χ3v) is 3.30. The van der Waals surface area contributed by atoms with Crippen molar-refractivity contribution >= 4 is 28.1 Å². The van der Waals surface area contributed by atoms with Gasteiger partial charge in [0, 0.05) is 24.0 Å². The normalized spacial score (nSPS) is 10.8. The van der Waals surface area contributed by atoms with E-state index >= 15 is 0 Å². The minimum atomic E-state index is 0.335. The van der Waals surface area contributed by atoms with Crippen LogP contribution in [0.1, 0.15) is 11.4 Å². The maximum atomic E-state index is 5.82. The zero-order valence-corrected chi connectivity index (χ0v) is 11.2. The highest BCUT2D eigenvalue weighted by Crippen LogP contribution is 2.25. The molecule has 0 saturated carbocycles. The first kappa shape index (κ1) is 11.8. The number of pyridine rings is 1. The Bertz CT molecular complexity index is 776. The molecule has 2 heterocycles. The second-order valence-electron chi connectivity index (χ2n) is 4.25. The molecule has 2 aromatic heterocycles. The molecule has 0 atom stereocenters. The summed E-state index contributed by atoms with van der Waals surface area (Å²) in [7, 11) is 0. The molecule has 5 heteroatoms. The summed E-state index contributed by atoms with van der Waals surface area (Å²) in [5.41, 5.74) is 8.42. The number of fused-ring (bicyclic) bond motifs is 1. The highest BCUT2D eigenvalue weighted by Gasteiger charge is 2.13. The number of benzene rings is 1. The van der Waals surface area contributed by atoms with Gasteiger partial charge in [0.2, 0.25) is 0 Å². The van der Waals surface area contributed by atoms with Crippen LogP contribution in [0.4, 0.5) is 0 Å². The van der Waals surface area contributed by atoms with Gasteiger partial charge in [0.1, 0.15) is 10.8 Å². The molecule has 0 aliphatic rings. The zero-order valence-electron chi connectivity index (χ0n) is 10.4. The number of imidazole rings is 1. The Morgan fingerprint density at radius 1 is 1.26 bits per heavy atom. The molecule has 3 aromatic rings. The van der Waals surface area contributed by atoms with Crippen molar-refractivity contribution < 1.29 is 0 Å². The molecule has 0 bridgehead atoms. The summed E-state index contributed by atoms with van der Waals surface area (Å²) >= 11 is 5.13. The summed E-state index contributed by atoms with van der Waals surface area (Å²) in [6, 6.07) is 7.91. The fourth-order valence-corrected chi connectivity index (χ4v) is 2.33. The van der Waals surface area contributed by atoms with Crippen molar-refractivity contribution in [1.82, 2.24) is 14.5 Å². The van der Waals surface area contributed by atoms with Gasteiger partial charge in [-0.2, -0.15) is 0 Å². The Labute approximate surface area is 115 Å². The molecule has 19 heavy (non-hydrogen) atoms. The molecule has 0 saturated heterocycles. The van der Waals surface area contributed by atoms with Crippen LogP contribution in [0.2, 0.25) is 0 Å². The van der Waals surface area contributed by atoms with Crippen LogP contribution < -0.4 is 5.73 Å². The van der Waals surface area contributed by atoms with E-state index in [1.807, 2.05) is 42.0 Å². The van der Waals surface area contributed by atoms with Crippen LogP contribution in [-0.2, 0) is 0 Å². The Balaban J connectivity index is 2.45. The molecule has 0 aliphatic heterocycles. The van der Waals surface area contributed by atoms with E-state index < -0.39 is 0 Å². The first-order chi connectivity index (χ1) is 9.18. The number of hydrogen-bond acceptors (Lipinski definition) is 3. The van der Waals surface area contributed by atoms with E-state index in [2.05, 4.69) is 9.97 Å². The lowest BCUT2D eigenvalue weighted by atomic mass is 10.1. The fourth-order valence-electron chi connectivity index (χ4n) is 2.18. The van der Waals surface area contributed by atoms with Gasteiger partial charge >= 0.3 is 0 Å². The lowest BCUT2D eigenvalue weighted by molar-refractivity contribution is 0.978. The minimum Gasteiger partial charge on any atom is -0.389 e. The van der Waals surface area contributed by atoms with Gasteiger partial charge in [-0.25, -0.2) is 4.98 Å². The second kappa shape index (κ2) is 4.44. The molecule has 94 valence electrons. The Morgan fingerprint density at radius 2 is 2.05 bits per heavy atom. The number of thiocarbonyl (C=S) groups is 1. The van der Waals surface area contributed by atoms with Crippen LogP contribution in [0.15, 0.2) is 42.9 Å². The molecule has 0 spiro atoms. The number of rotatable bonds is 2. The fraction of sp³-hybridized carbons (Fsp3) is 0.0714. The summed E-state index contributed by atoms with van der Waals surface area (Å²) in [4.78, 5) is 8.99. The van der Waals surface area contributed by atoms with Gasteiger partial charge < -0.3 is 10.3 Å². The van der Waals surface area contributed by atoms with Crippen molar-refractivity contribution in [3.8, 4) is 5.69 Å². The standard InChI is InChI=1S/C14H12N4S/c1-9-16-6-7-18(9)13-10-4-2-3-5-12(10)17-8-11(13)14(15)19/h2-8H,1H3,(H2,15,19). The zero-order chi connectivity index (χ0) is 13.4. The molecular weight excluding hydrogens is 256 g/mol. The first-order valence-electron chi connectivity index (χ1n) is 5.86. The lowest BCUT2D eigenvalue weighted by Gasteiger charge is -2.13. The van der Waals surface area contributed by atoms with Gasteiger partial charge in [0.05, 0.1) is 16.8 Å². The van der Waals surface area contributed by atoms with Gasteiger partial charge in [-0.15, -0.1) is 0 Å². The van der Waals surface area contributed by atoms with Crippen LogP contribution in [0.5, 0.6) is 0 Å². The third-order valence-electron chi connectivity index (χ3n) is 3.08. The Hall–Kier alpha value is -2.27. The first-order valence-corrected chi connectivity index (χ1v) is 6.27. The average Bonchev–Trinajstić information content (AvgIpc) is 2.83. The smallest absolute Gasteiger partial charge is 0.110 e. The minimum absolute atomic E-state index is 0.335. The number of hydrogen-bond donors (Lipinski definition) is 1. The van der Waals surface area contributed by atoms with Gasteiger partial charge in [-0.05, 0) is 13.0 Å². The number of aryl methyl sites for hydroxylation is 1. The molecule has 0 unspecified atom stereocenters. The predicted octanol–water partition coefficient (Wildman–Crippen LogP) is 2.36. The van der Waals surface area contributed by atoms with Crippen LogP contribution in [0.3, 0.4) is 0 Å². The van der Waals surface area contributed by atoms with E-state index in [1.165, 1.54) is 0 Å². The van der Waals surface area contributed by atoms with Crippen molar-refractivity contribution in [3.05, 3.63) is 54.2 Å². The molecule has 0 aliphatic carbocycles.